The van der Waals surface area contributed by atoms with Crippen molar-refractivity contribution in [3.05, 3.63) is 28.3 Å². The van der Waals surface area contributed by atoms with Crippen molar-refractivity contribution < 1.29 is 22.8 Å². The summed E-state index contributed by atoms with van der Waals surface area (Å²) in [5.74, 6) is 0. The van der Waals surface area contributed by atoms with Crippen LogP contribution in [0.3, 0.4) is 0 Å². The van der Waals surface area contributed by atoms with E-state index in [1.807, 2.05) is 13.8 Å². The van der Waals surface area contributed by atoms with Gasteiger partial charge in [-0.25, -0.2) is 8.42 Å². The van der Waals surface area contributed by atoms with E-state index < -0.39 is 14.9 Å². The van der Waals surface area contributed by atoms with E-state index in [-0.39, 0.29) is 41.4 Å². The molecule has 1 aromatic rings. The Kier molecular flexibility index (Phi) is 7.21. The number of sulfonamides is 1. The Balaban J connectivity index is 1.78. The van der Waals surface area contributed by atoms with E-state index >= 15 is 0 Å². The van der Waals surface area contributed by atoms with Crippen LogP contribution in [0.2, 0.25) is 0 Å². The summed E-state index contributed by atoms with van der Waals surface area (Å²) in [6, 6.07) is 4.04. The van der Waals surface area contributed by atoms with Gasteiger partial charge in [0.15, 0.2) is 0 Å². The number of nitro benzene ring substituents is 1. The van der Waals surface area contributed by atoms with Gasteiger partial charge in [-0.15, -0.1) is 0 Å². The lowest BCUT2D eigenvalue weighted by Gasteiger charge is -2.45. The second kappa shape index (κ2) is 9.37. The van der Waals surface area contributed by atoms with Gasteiger partial charge in [0, 0.05) is 44.3 Å². The normalized spacial score (nSPS) is 24.1. The third-order valence-electron chi connectivity index (χ3n) is 5.76. The molecule has 174 valence electrons. The fourth-order valence-corrected chi connectivity index (χ4v) is 5.43. The van der Waals surface area contributed by atoms with Gasteiger partial charge in [0.1, 0.15) is 5.69 Å². The number of hydrogen-bond acceptors (Lipinski definition) is 8. The highest BCUT2D eigenvalue weighted by atomic mass is 32.2. The van der Waals surface area contributed by atoms with Crippen molar-refractivity contribution in [2.45, 2.75) is 50.3 Å². The third-order valence-corrected chi connectivity index (χ3v) is 7.66. The maximum atomic E-state index is 12.9. The van der Waals surface area contributed by atoms with Gasteiger partial charge in [-0.05, 0) is 39.8 Å². The molecule has 0 aromatic heterocycles. The largest absolute Gasteiger partial charge is 0.379 e. The maximum Gasteiger partial charge on any atom is 0.293 e. The number of rotatable bonds is 7. The van der Waals surface area contributed by atoms with Crippen LogP contribution >= 0.6 is 0 Å². The molecule has 0 saturated carbocycles. The topological polar surface area (TPSA) is 114 Å². The summed E-state index contributed by atoms with van der Waals surface area (Å²) in [6.07, 6.45) is 0.226. The summed E-state index contributed by atoms with van der Waals surface area (Å²) < 4.78 is 38.0. The summed E-state index contributed by atoms with van der Waals surface area (Å²) in [5, 5.41) is 14.9. The highest BCUT2D eigenvalue weighted by Crippen LogP contribution is 2.30. The van der Waals surface area contributed by atoms with Gasteiger partial charge in [0.25, 0.3) is 5.69 Å². The monoisotopic (exact) mass is 456 g/mol. The average Bonchev–Trinajstić information content (AvgIpc) is 2.72. The molecule has 2 aliphatic heterocycles. The molecule has 2 fully saturated rings. The van der Waals surface area contributed by atoms with E-state index in [1.165, 1.54) is 16.4 Å². The predicted molar refractivity (Wildman–Crippen MR) is 117 cm³/mol. The predicted octanol–water partition coefficient (Wildman–Crippen LogP) is 1.92. The van der Waals surface area contributed by atoms with Crippen LogP contribution in [0, 0.1) is 10.1 Å². The third kappa shape index (κ3) is 5.53. The van der Waals surface area contributed by atoms with Crippen molar-refractivity contribution in [2.24, 2.45) is 0 Å². The quantitative estimate of drug-likeness (QED) is 0.489. The molecule has 31 heavy (non-hydrogen) atoms. The highest BCUT2D eigenvalue weighted by Gasteiger charge is 2.34. The van der Waals surface area contributed by atoms with Crippen LogP contribution in [0.4, 0.5) is 11.4 Å². The van der Waals surface area contributed by atoms with E-state index in [9.17, 15) is 18.5 Å². The van der Waals surface area contributed by atoms with Gasteiger partial charge in [0.05, 0.1) is 35.2 Å². The van der Waals surface area contributed by atoms with E-state index in [4.69, 9.17) is 9.47 Å². The van der Waals surface area contributed by atoms with E-state index in [0.717, 1.165) is 19.2 Å². The molecule has 0 bridgehead atoms. The lowest BCUT2D eigenvalue weighted by molar-refractivity contribution is -0.384. The summed E-state index contributed by atoms with van der Waals surface area (Å²) in [7, 11) is -3.81. The van der Waals surface area contributed by atoms with Crippen LogP contribution < -0.4 is 5.32 Å². The van der Waals surface area contributed by atoms with Crippen molar-refractivity contribution in [2.75, 3.05) is 51.3 Å². The van der Waals surface area contributed by atoms with Gasteiger partial charge in [-0.1, -0.05) is 0 Å². The molecule has 0 aliphatic carbocycles. The average molecular weight is 457 g/mol. The van der Waals surface area contributed by atoms with Crippen LogP contribution in [0.25, 0.3) is 0 Å². The lowest BCUT2D eigenvalue weighted by Crippen LogP contribution is -2.57. The molecule has 0 amide bonds. The Morgan fingerprint density at radius 1 is 1.19 bits per heavy atom. The summed E-state index contributed by atoms with van der Waals surface area (Å²) in [6.45, 7) is 11.3. The van der Waals surface area contributed by atoms with E-state index in [2.05, 4.69) is 24.1 Å². The molecule has 2 atom stereocenters. The number of benzene rings is 1. The standard InChI is InChI=1S/C20H32N4O6S/c1-15-12-22(13-16(2)30-15)20(3,4)14-21-18-6-5-17(11-19(18)24(25)26)31(27,28)23-7-9-29-10-8-23/h5-6,11,15-16,21H,7-10,12-14H2,1-4H3/t15-,16-/m1/s1. The number of hydrogen-bond donors (Lipinski definition) is 1. The first-order valence-corrected chi connectivity index (χ1v) is 12.0. The number of anilines is 1. The zero-order chi connectivity index (χ0) is 22.8. The zero-order valence-corrected chi connectivity index (χ0v) is 19.4. The molecule has 0 unspecified atom stereocenters. The van der Waals surface area contributed by atoms with Crippen LogP contribution in [0.15, 0.2) is 23.1 Å². The first kappa shape index (κ1) is 23.9. The second-order valence-electron chi connectivity index (χ2n) is 8.78. The fraction of sp³-hybridized carbons (Fsp3) is 0.700. The first-order chi connectivity index (χ1) is 14.5. The maximum absolute atomic E-state index is 12.9. The van der Waals surface area contributed by atoms with Gasteiger partial charge in [-0.2, -0.15) is 4.31 Å². The Labute approximate surface area is 183 Å². The highest BCUT2D eigenvalue weighted by molar-refractivity contribution is 7.89. The van der Waals surface area contributed by atoms with Gasteiger partial charge in [-0.3, -0.25) is 15.0 Å². The SMILES string of the molecule is C[C@@H]1CN(C(C)(C)CNc2ccc(S(=O)(=O)N3CCOCC3)cc2[N+](=O)[O-])C[C@@H](C)O1. The van der Waals surface area contributed by atoms with Crippen LogP contribution in [0.5, 0.6) is 0 Å². The van der Waals surface area contributed by atoms with Crippen molar-refractivity contribution >= 4 is 21.4 Å². The molecule has 0 radical (unpaired) electrons. The van der Waals surface area contributed by atoms with Crippen LogP contribution in [0.1, 0.15) is 27.7 Å². The number of nitrogens with zero attached hydrogens (tertiary/aromatic N) is 3. The van der Waals surface area contributed by atoms with Crippen LogP contribution in [-0.2, 0) is 19.5 Å². The molecular weight excluding hydrogens is 424 g/mol. The van der Waals surface area contributed by atoms with Crippen molar-refractivity contribution in [3.63, 3.8) is 0 Å². The first-order valence-electron chi connectivity index (χ1n) is 10.5. The van der Waals surface area contributed by atoms with E-state index in [1.54, 1.807) is 0 Å². The Morgan fingerprint density at radius 2 is 1.81 bits per heavy atom. The van der Waals surface area contributed by atoms with Gasteiger partial charge in [0.2, 0.25) is 10.0 Å². The number of nitro groups is 1. The molecule has 1 N–H and O–H groups in total. The van der Waals surface area contributed by atoms with Crippen molar-refractivity contribution in [3.8, 4) is 0 Å². The lowest BCUT2D eigenvalue weighted by atomic mass is 10.00. The molecule has 3 rings (SSSR count). The molecule has 2 saturated heterocycles. The summed E-state index contributed by atoms with van der Waals surface area (Å²) in [5.41, 5.74) is -0.235. The number of ether oxygens (including phenoxy) is 2. The van der Waals surface area contributed by atoms with Crippen molar-refractivity contribution in [1.29, 1.82) is 0 Å². The minimum absolute atomic E-state index is 0.0817. The molecule has 2 heterocycles. The summed E-state index contributed by atoms with van der Waals surface area (Å²) in [4.78, 5) is 13.4. The van der Waals surface area contributed by atoms with Gasteiger partial charge >= 0.3 is 0 Å². The Hall–Kier alpha value is -1.79. The van der Waals surface area contributed by atoms with Gasteiger partial charge < -0.3 is 14.8 Å². The minimum Gasteiger partial charge on any atom is -0.379 e. The van der Waals surface area contributed by atoms with Crippen molar-refractivity contribution in [1.82, 2.24) is 9.21 Å². The number of nitrogens with one attached hydrogen (secondary N) is 1. The zero-order valence-electron chi connectivity index (χ0n) is 18.5. The second-order valence-corrected chi connectivity index (χ2v) is 10.7. The molecular formula is C20H32N4O6S. The minimum atomic E-state index is -3.81. The molecule has 0 spiro atoms. The van der Waals surface area contributed by atoms with E-state index in [0.29, 0.717) is 25.4 Å². The Morgan fingerprint density at radius 3 is 2.39 bits per heavy atom. The molecule has 10 nitrogen and oxygen atoms in total. The summed E-state index contributed by atoms with van der Waals surface area (Å²) >= 11 is 0. The number of morpholine rings is 2. The molecule has 1 aromatic carbocycles. The molecule has 2 aliphatic rings. The van der Waals surface area contributed by atoms with Crippen LogP contribution in [-0.4, -0.2) is 86.2 Å². The Bertz CT molecular complexity index is 891. The fourth-order valence-electron chi connectivity index (χ4n) is 4.00. The molecule has 11 heteroatoms. The smallest absolute Gasteiger partial charge is 0.293 e.